The van der Waals surface area contributed by atoms with Crippen molar-refractivity contribution in [3.63, 3.8) is 0 Å². The number of nitrogens with one attached hydrogen (secondary N) is 1. The number of nitrogens with zero attached hydrogens (tertiary/aromatic N) is 1. The summed E-state index contributed by atoms with van der Waals surface area (Å²) in [5.74, 6) is -0.439. The molecule has 1 aromatic heterocycles. The molecule has 2 saturated heterocycles. The Morgan fingerprint density at radius 2 is 2.10 bits per heavy atom. The largest absolute Gasteiger partial charge is 0.424 e. The second kappa shape index (κ2) is 5.29. The topological polar surface area (TPSA) is 65.8 Å². The van der Waals surface area contributed by atoms with E-state index in [-0.39, 0.29) is 6.10 Å². The fourth-order valence-corrected chi connectivity index (χ4v) is 2.81. The molecule has 0 amide bonds. The summed E-state index contributed by atoms with van der Waals surface area (Å²) >= 11 is 0. The van der Waals surface area contributed by atoms with Gasteiger partial charge in [0.1, 0.15) is 11.6 Å². The van der Waals surface area contributed by atoms with Gasteiger partial charge in [0.25, 0.3) is 6.01 Å². The zero-order valence-corrected chi connectivity index (χ0v) is 11.7. The van der Waals surface area contributed by atoms with Crippen LogP contribution in [0.25, 0.3) is 11.1 Å². The molecule has 6 heteroatoms. The molecule has 0 radical (unpaired) electrons. The van der Waals surface area contributed by atoms with Crippen LogP contribution >= 0.6 is 0 Å². The second-order valence-electron chi connectivity index (χ2n) is 5.44. The zero-order valence-electron chi connectivity index (χ0n) is 11.7. The van der Waals surface area contributed by atoms with Crippen molar-refractivity contribution in [1.82, 2.24) is 4.98 Å². The van der Waals surface area contributed by atoms with Gasteiger partial charge in [0, 0.05) is 19.4 Å². The lowest BCUT2D eigenvalue weighted by Gasteiger charge is -2.31. The first-order chi connectivity index (χ1) is 10.3. The first-order valence-corrected chi connectivity index (χ1v) is 7.32. The van der Waals surface area contributed by atoms with E-state index in [4.69, 9.17) is 18.6 Å². The van der Waals surface area contributed by atoms with Gasteiger partial charge < -0.3 is 23.9 Å². The van der Waals surface area contributed by atoms with E-state index in [9.17, 15) is 0 Å². The molecule has 1 N–H and O–H groups in total. The average molecular weight is 290 g/mol. The number of rotatable bonds is 3. The highest BCUT2D eigenvalue weighted by Crippen LogP contribution is 2.33. The predicted octanol–water partition coefficient (Wildman–Crippen LogP) is 2.16. The molecule has 1 atom stereocenters. The molecular weight excluding hydrogens is 272 g/mol. The van der Waals surface area contributed by atoms with E-state index < -0.39 is 5.79 Å². The molecule has 2 aliphatic heterocycles. The molecule has 4 rings (SSSR count). The van der Waals surface area contributed by atoms with E-state index in [1.807, 2.05) is 24.3 Å². The number of fused-ring (bicyclic) bond motifs is 1. The number of para-hydroxylation sites is 2. The Morgan fingerprint density at radius 1 is 1.24 bits per heavy atom. The van der Waals surface area contributed by atoms with Crippen LogP contribution in [-0.2, 0) is 14.2 Å². The molecule has 2 aromatic rings. The maximum Gasteiger partial charge on any atom is 0.295 e. The van der Waals surface area contributed by atoms with E-state index in [1.165, 1.54) is 0 Å². The Morgan fingerprint density at radius 3 is 2.95 bits per heavy atom. The van der Waals surface area contributed by atoms with Gasteiger partial charge in [0.15, 0.2) is 11.4 Å². The number of aromatic nitrogens is 1. The molecule has 6 nitrogen and oxygen atoms in total. The van der Waals surface area contributed by atoms with Gasteiger partial charge in [-0.2, -0.15) is 4.98 Å². The van der Waals surface area contributed by atoms with E-state index >= 15 is 0 Å². The molecular formula is C15H18N2O4. The van der Waals surface area contributed by atoms with Crippen molar-refractivity contribution in [3.05, 3.63) is 24.3 Å². The van der Waals surface area contributed by atoms with Gasteiger partial charge in [0.05, 0.1) is 19.8 Å². The van der Waals surface area contributed by atoms with E-state index in [2.05, 4.69) is 10.3 Å². The third kappa shape index (κ3) is 2.62. The lowest BCUT2D eigenvalue weighted by Crippen LogP contribution is -2.38. The third-order valence-corrected chi connectivity index (χ3v) is 3.94. The number of hydrogen-bond donors (Lipinski definition) is 1. The summed E-state index contributed by atoms with van der Waals surface area (Å²) in [4.78, 5) is 4.38. The highest BCUT2D eigenvalue weighted by atomic mass is 16.7. The molecule has 1 unspecified atom stereocenters. The van der Waals surface area contributed by atoms with Gasteiger partial charge in [-0.15, -0.1) is 0 Å². The van der Waals surface area contributed by atoms with Crippen LogP contribution in [-0.4, -0.2) is 43.2 Å². The summed E-state index contributed by atoms with van der Waals surface area (Å²) in [6.07, 6.45) is 1.61. The summed E-state index contributed by atoms with van der Waals surface area (Å²) in [5.41, 5.74) is 1.63. The van der Waals surface area contributed by atoms with Crippen LogP contribution in [0.15, 0.2) is 28.7 Å². The average Bonchev–Trinajstić information content (AvgIpc) is 3.10. The van der Waals surface area contributed by atoms with Gasteiger partial charge in [-0.25, -0.2) is 0 Å². The van der Waals surface area contributed by atoms with Crippen molar-refractivity contribution >= 4 is 17.1 Å². The lowest BCUT2D eigenvalue weighted by molar-refractivity contribution is -0.209. The molecule has 0 aliphatic carbocycles. The highest BCUT2D eigenvalue weighted by molar-refractivity contribution is 5.74. The monoisotopic (exact) mass is 290 g/mol. The summed E-state index contributed by atoms with van der Waals surface area (Å²) in [6.45, 7) is 2.61. The van der Waals surface area contributed by atoms with Crippen LogP contribution < -0.4 is 5.32 Å². The highest BCUT2D eigenvalue weighted by Gasteiger charge is 2.42. The molecule has 0 saturated carbocycles. The molecule has 0 bridgehead atoms. The summed E-state index contributed by atoms with van der Waals surface area (Å²) in [6, 6.07) is 8.22. The fraction of sp³-hybridized carbons (Fsp3) is 0.533. The summed E-state index contributed by atoms with van der Waals surface area (Å²) in [7, 11) is 0. The quantitative estimate of drug-likeness (QED) is 0.934. The minimum Gasteiger partial charge on any atom is -0.424 e. The van der Waals surface area contributed by atoms with Crippen LogP contribution in [0, 0.1) is 0 Å². The second-order valence-corrected chi connectivity index (χ2v) is 5.44. The van der Waals surface area contributed by atoms with Crippen molar-refractivity contribution in [2.75, 3.05) is 31.7 Å². The SMILES string of the molecule is c1ccc2oc(NCC3COC4(CCOCC4)O3)nc2c1. The molecule has 1 aromatic carbocycles. The van der Waals surface area contributed by atoms with Gasteiger partial charge in [-0.1, -0.05) is 12.1 Å². The first-order valence-electron chi connectivity index (χ1n) is 7.32. The van der Waals surface area contributed by atoms with E-state index in [1.54, 1.807) is 0 Å². The predicted molar refractivity (Wildman–Crippen MR) is 76.1 cm³/mol. The Hall–Kier alpha value is -1.63. The molecule has 3 heterocycles. The standard InChI is InChI=1S/C15H18N2O4/c1-2-4-13-12(3-1)17-14(20-13)16-9-11-10-19-15(21-11)5-7-18-8-6-15/h1-4,11H,5-10H2,(H,16,17). The van der Waals surface area contributed by atoms with Crippen molar-refractivity contribution in [2.24, 2.45) is 0 Å². The van der Waals surface area contributed by atoms with Crippen molar-refractivity contribution in [2.45, 2.75) is 24.7 Å². The first kappa shape index (κ1) is 13.1. The Labute approximate surface area is 122 Å². The van der Waals surface area contributed by atoms with Crippen LogP contribution in [0.4, 0.5) is 6.01 Å². The summed E-state index contributed by atoms with van der Waals surface area (Å²) in [5, 5.41) is 3.18. The van der Waals surface area contributed by atoms with Crippen LogP contribution in [0.2, 0.25) is 0 Å². The van der Waals surface area contributed by atoms with Crippen molar-refractivity contribution < 1.29 is 18.6 Å². The van der Waals surface area contributed by atoms with Crippen LogP contribution in [0.1, 0.15) is 12.8 Å². The molecule has 1 spiro atoms. The van der Waals surface area contributed by atoms with E-state index in [0.717, 1.165) is 23.9 Å². The molecule has 21 heavy (non-hydrogen) atoms. The lowest BCUT2D eigenvalue weighted by atomic mass is 10.1. The number of oxazole rings is 1. The van der Waals surface area contributed by atoms with E-state index in [0.29, 0.717) is 32.4 Å². The van der Waals surface area contributed by atoms with Crippen LogP contribution in [0.5, 0.6) is 0 Å². The zero-order chi connectivity index (χ0) is 14.1. The van der Waals surface area contributed by atoms with Gasteiger partial charge in [0.2, 0.25) is 0 Å². The minimum absolute atomic E-state index is 0.0121. The van der Waals surface area contributed by atoms with Gasteiger partial charge >= 0.3 is 0 Å². The molecule has 112 valence electrons. The summed E-state index contributed by atoms with van der Waals surface area (Å²) < 4.78 is 22.9. The van der Waals surface area contributed by atoms with Crippen LogP contribution in [0.3, 0.4) is 0 Å². The Balaban J connectivity index is 1.36. The third-order valence-electron chi connectivity index (χ3n) is 3.94. The smallest absolute Gasteiger partial charge is 0.295 e. The van der Waals surface area contributed by atoms with Gasteiger partial charge in [-0.3, -0.25) is 0 Å². The Kier molecular flexibility index (Phi) is 3.29. The Bertz CT molecular complexity index is 588. The number of benzene rings is 1. The van der Waals surface area contributed by atoms with Gasteiger partial charge in [-0.05, 0) is 12.1 Å². The maximum absolute atomic E-state index is 6.05. The minimum atomic E-state index is -0.439. The fourth-order valence-electron chi connectivity index (χ4n) is 2.81. The number of hydrogen-bond acceptors (Lipinski definition) is 6. The molecule has 2 aliphatic rings. The number of anilines is 1. The molecule has 2 fully saturated rings. The normalized spacial score (nSPS) is 24.7. The van der Waals surface area contributed by atoms with Crippen molar-refractivity contribution in [1.29, 1.82) is 0 Å². The number of ether oxygens (including phenoxy) is 3. The van der Waals surface area contributed by atoms with Crippen molar-refractivity contribution in [3.8, 4) is 0 Å². The maximum atomic E-state index is 6.05.